The van der Waals surface area contributed by atoms with Gasteiger partial charge in [0, 0.05) is 6.42 Å². The van der Waals surface area contributed by atoms with Gasteiger partial charge in [-0.2, -0.15) is 0 Å². The lowest BCUT2D eigenvalue weighted by Crippen LogP contribution is -2.40. The van der Waals surface area contributed by atoms with Crippen molar-refractivity contribution < 1.29 is 14.2 Å². The molecule has 30 heavy (non-hydrogen) atoms. The maximum Gasteiger partial charge on any atom is 0.282 e. The van der Waals surface area contributed by atoms with E-state index in [4.69, 9.17) is 14.2 Å². The summed E-state index contributed by atoms with van der Waals surface area (Å²) in [4.78, 5) is 0. The Morgan fingerprint density at radius 1 is 0.367 bits per heavy atom. The zero-order valence-electron chi connectivity index (χ0n) is 21.3. The Morgan fingerprint density at radius 3 is 1.03 bits per heavy atom. The van der Waals surface area contributed by atoms with Crippen molar-refractivity contribution in [2.45, 2.75) is 156 Å². The first kappa shape index (κ1) is 29.9. The molecular formula is C27H56O3. The molecule has 0 aromatic heterocycles. The maximum absolute atomic E-state index is 6.32. The highest BCUT2D eigenvalue weighted by Gasteiger charge is 2.33. The molecule has 0 rings (SSSR count). The van der Waals surface area contributed by atoms with Crippen LogP contribution in [0.1, 0.15) is 150 Å². The van der Waals surface area contributed by atoms with Crippen LogP contribution < -0.4 is 0 Å². The predicted octanol–water partition coefficient (Wildman–Crippen LogP) is 9.18. The number of ether oxygens (including phenoxy) is 3. The van der Waals surface area contributed by atoms with Crippen molar-refractivity contribution >= 4 is 0 Å². The van der Waals surface area contributed by atoms with E-state index in [1.54, 1.807) is 0 Å². The SMILES string of the molecule is CCCCCCCCCCCC(OCCCCC)(OCCCCC)OCCCCC. The lowest BCUT2D eigenvalue weighted by molar-refractivity contribution is -0.384. The first-order chi connectivity index (χ1) is 14.7. The van der Waals surface area contributed by atoms with Gasteiger partial charge in [-0.25, -0.2) is 0 Å². The largest absolute Gasteiger partial charge is 0.327 e. The van der Waals surface area contributed by atoms with Crippen LogP contribution in [0.4, 0.5) is 0 Å². The van der Waals surface area contributed by atoms with E-state index < -0.39 is 5.97 Å². The molecule has 3 heteroatoms. The van der Waals surface area contributed by atoms with Crippen LogP contribution >= 0.6 is 0 Å². The Hall–Kier alpha value is -0.120. The van der Waals surface area contributed by atoms with Crippen LogP contribution in [0.15, 0.2) is 0 Å². The normalized spacial score (nSPS) is 12.0. The van der Waals surface area contributed by atoms with Gasteiger partial charge in [-0.05, 0) is 25.7 Å². The third-order valence-electron chi connectivity index (χ3n) is 5.80. The Labute approximate surface area is 190 Å². The second-order valence-electron chi connectivity index (χ2n) is 8.93. The highest BCUT2D eigenvalue weighted by molar-refractivity contribution is 4.61. The van der Waals surface area contributed by atoms with Crippen molar-refractivity contribution in [3.8, 4) is 0 Å². The summed E-state index contributed by atoms with van der Waals surface area (Å²) in [5, 5.41) is 0. The van der Waals surface area contributed by atoms with E-state index in [2.05, 4.69) is 27.7 Å². The molecule has 0 heterocycles. The van der Waals surface area contributed by atoms with Gasteiger partial charge >= 0.3 is 0 Å². The Bertz CT molecular complexity index is 288. The van der Waals surface area contributed by atoms with Crippen LogP contribution in [-0.4, -0.2) is 25.8 Å². The van der Waals surface area contributed by atoms with Gasteiger partial charge in [-0.1, -0.05) is 118 Å². The summed E-state index contributed by atoms with van der Waals surface area (Å²) < 4.78 is 19.0. The first-order valence-electron chi connectivity index (χ1n) is 13.7. The van der Waals surface area contributed by atoms with E-state index in [1.165, 1.54) is 89.9 Å². The van der Waals surface area contributed by atoms with Crippen LogP contribution in [0, 0.1) is 0 Å². The monoisotopic (exact) mass is 428 g/mol. The molecule has 0 saturated heterocycles. The molecule has 0 aromatic rings. The lowest BCUT2D eigenvalue weighted by atomic mass is 10.1. The van der Waals surface area contributed by atoms with E-state index in [9.17, 15) is 0 Å². The average Bonchev–Trinajstić information content (AvgIpc) is 2.76. The minimum absolute atomic E-state index is 0.743. The van der Waals surface area contributed by atoms with E-state index in [0.717, 1.165) is 51.9 Å². The smallest absolute Gasteiger partial charge is 0.282 e. The summed E-state index contributed by atoms with van der Waals surface area (Å²) in [6, 6.07) is 0. The van der Waals surface area contributed by atoms with Crippen LogP contribution in [-0.2, 0) is 14.2 Å². The second-order valence-corrected chi connectivity index (χ2v) is 8.93. The fraction of sp³-hybridized carbons (Fsp3) is 1.00. The van der Waals surface area contributed by atoms with Gasteiger partial charge in [0.15, 0.2) is 0 Å². The van der Waals surface area contributed by atoms with Crippen molar-refractivity contribution in [2.75, 3.05) is 19.8 Å². The highest BCUT2D eigenvalue weighted by atomic mass is 16.9. The fourth-order valence-electron chi connectivity index (χ4n) is 3.73. The van der Waals surface area contributed by atoms with Crippen molar-refractivity contribution in [3.05, 3.63) is 0 Å². The van der Waals surface area contributed by atoms with Crippen LogP contribution in [0.3, 0.4) is 0 Å². The van der Waals surface area contributed by atoms with E-state index in [0.29, 0.717) is 0 Å². The molecule has 182 valence electrons. The highest BCUT2D eigenvalue weighted by Crippen LogP contribution is 2.26. The van der Waals surface area contributed by atoms with Gasteiger partial charge in [0.2, 0.25) is 0 Å². The third kappa shape index (κ3) is 18.6. The van der Waals surface area contributed by atoms with Gasteiger partial charge in [0.05, 0.1) is 19.8 Å². The Balaban J connectivity index is 4.50. The van der Waals surface area contributed by atoms with Gasteiger partial charge < -0.3 is 14.2 Å². The standard InChI is InChI=1S/C27H56O3/c1-5-9-13-14-15-16-17-18-19-23-27(28-24-20-10-6-2,29-25-21-11-7-3)30-26-22-12-8-4/h5-26H2,1-4H3. The topological polar surface area (TPSA) is 27.7 Å². The number of hydrogen-bond acceptors (Lipinski definition) is 3. The Morgan fingerprint density at radius 2 is 0.667 bits per heavy atom. The van der Waals surface area contributed by atoms with Gasteiger partial charge in [0.25, 0.3) is 5.97 Å². The van der Waals surface area contributed by atoms with Crippen LogP contribution in [0.25, 0.3) is 0 Å². The molecular weight excluding hydrogens is 372 g/mol. The molecule has 0 aliphatic carbocycles. The summed E-state index contributed by atoms with van der Waals surface area (Å²) in [6.45, 7) is 11.2. The molecule has 0 aliphatic rings. The number of rotatable bonds is 25. The molecule has 0 radical (unpaired) electrons. The summed E-state index contributed by atoms with van der Waals surface area (Å²) in [7, 11) is 0. The fourth-order valence-corrected chi connectivity index (χ4v) is 3.73. The van der Waals surface area contributed by atoms with Gasteiger partial charge in [0.1, 0.15) is 0 Å². The predicted molar refractivity (Wildman–Crippen MR) is 131 cm³/mol. The molecule has 0 aromatic carbocycles. The molecule has 0 aliphatic heterocycles. The Kier molecular flexibility index (Phi) is 23.4. The van der Waals surface area contributed by atoms with Gasteiger partial charge in [-0.15, -0.1) is 0 Å². The molecule has 0 bridgehead atoms. The minimum Gasteiger partial charge on any atom is -0.327 e. The van der Waals surface area contributed by atoms with E-state index in [-0.39, 0.29) is 0 Å². The third-order valence-corrected chi connectivity index (χ3v) is 5.80. The molecule has 0 saturated carbocycles. The average molecular weight is 429 g/mol. The zero-order chi connectivity index (χ0) is 22.2. The summed E-state index contributed by atoms with van der Waals surface area (Å²) >= 11 is 0. The number of unbranched alkanes of at least 4 members (excludes halogenated alkanes) is 14. The quantitative estimate of drug-likeness (QED) is 0.107. The first-order valence-corrected chi connectivity index (χ1v) is 13.7. The lowest BCUT2D eigenvalue weighted by Gasteiger charge is -2.34. The second kappa shape index (κ2) is 23.5. The van der Waals surface area contributed by atoms with Gasteiger partial charge in [-0.3, -0.25) is 0 Å². The van der Waals surface area contributed by atoms with Crippen LogP contribution in [0.2, 0.25) is 0 Å². The molecule has 0 N–H and O–H groups in total. The summed E-state index contributed by atoms with van der Waals surface area (Å²) in [5.74, 6) is -0.809. The summed E-state index contributed by atoms with van der Waals surface area (Å²) in [5.41, 5.74) is 0. The molecule has 0 atom stereocenters. The molecule has 0 fully saturated rings. The van der Waals surface area contributed by atoms with E-state index >= 15 is 0 Å². The molecule has 3 nitrogen and oxygen atoms in total. The molecule has 0 spiro atoms. The van der Waals surface area contributed by atoms with Crippen molar-refractivity contribution in [3.63, 3.8) is 0 Å². The minimum atomic E-state index is -0.809. The van der Waals surface area contributed by atoms with Crippen LogP contribution in [0.5, 0.6) is 0 Å². The van der Waals surface area contributed by atoms with E-state index in [1.807, 2.05) is 0 Å². The van der Waals surface area contributed by atoms with Crippen molar-refractivity contribution in [1.29, 1.82) is 0 Å². The molecule has 0 unspecified atom stereocenters. The maximum atomic E-state index is 6.32. The van der Waals surface area contributed by atoms with Crippen molar-refractivity contribution in [2.24, 2.45) is 0 Å². The molecule has 0 amide bonds. The summed E-state index contributed by atoms with van der Waals surface area (Å²) in [6.07, 6.45) is 23.4. The zero-order valence-corrected chi connectivity index (χ0v) is 21.3. The van der Waals surface area contributed by atoms with Crippen molar-refractivity contribution in [1.82, 2.24) is 0 Å². The number of hydrogen-bond donors (Lipinski definition) is 0.